The van der Waals surface area contributed by atoms with Crippen molar-refractivity contribution in [2.45, 2.75) is 12.5 Å². The van der Waals surface area contributed by atoms with Gasteiger partial charge < -0.3 is 0 Å². The smallest absolute Gasteiger partial charge is 0.126 e. The van der Waals surface area contributed by atoms with Gasteiger partial charge in [-0.05, 0) is 18.1 Å². The largest absolute Gasteiger partial charge is 0.207 e. The Morgan fingerprint density at radius 1 is 0.875 bits per heavy atom. The van der Waals surface area contributed by atoms with Gasteiger partial charge in [-0.1, -0.05) is 59.8 Å². The van der Waals surface area contributed by atoms with E-state index in [-0.39, 0.29) is 5.82 Å². The number of hydrogen-bond acceptors (Lipinski definition) is 0. The predicted molar refractivity (Wildman–Crippen MR) is 66.7 cm³/mol. The minimum Gasteiger partial charge on any atom is -0.207 e. The molecule has 0 saturated heterocycles. The molecule has 0 heterocycles. The Labute approximate surface area is 98.0 Å². The van der Waals surface area contributed by atoms with Gasteiger partial charge in [0.05, 0.1) is 9.52 Å². The Balaban J connectivity index is 1.87. The molecule has 2 rings (SSSR count). The Morgan fingerprint density at radius 3 is 2.31 bits per heavy atom. The summed E-state index contributed by atoms with van der Waals surface area (Å²) in [5, 5.41) is 1.35. The van der Waals surface area contributed by atoms with Crippen LogP contribution in [0.15, 0.2) is 54.6 Å². The second-order valence-electron chi connectivity index (χ2n) is 3.63. The molecule has 0 amide bonds. The fraction of sp³-hybridized carbons (Fsp3) is 0.143. The lowest BCUT2D eigenvalue weighted by Crippen LogP contribution is -2.13. The molecule has 0 nitrogen and oxygen atoms in total. The van der Waals surface area contributed by atoms with Crippen LogP contribution in [0.1, 0.15) is 5.56 Å². The molecule has 0 aliphatic heterocycles. The number of rotatable bonds is 4. The van der Waals surface area contributed by atoms with Crippen molar-refractivity contribution < 1.29 is 4.39 Å². The molecular formula is C14H13FSi. The summed E-state index contributed by atoms with van der Waals surface area (Å²) in [4.78, 5) is 0. The van der Waals surface area contributed by atoms with E-state index in [0.29, 0.717) is 0 Å². The molecule has 0 unspecified atom stereocenters. The van der Waals surface area contributed by atoms with Gasteiger partial charge >= 0.3 is 0 Å². The Kier molecular flexibility index (Phi) is 3.89. The lowest BCUT2D eigenvalue weighted by Gasteiger charge is -2.02. The van der Waals surface area contributed by atoms with Crippen molar-refractivity contribution in [2.24, 2.45) is 0 Å². The highest BCUT2D eigenvalue weighted by Crippen LogP contribution is 2.08. The summed E-state index contributed by atoms with van der Waals surface area (Å²) < 4.78 is 13.3. The minimum atomic E-state index is -0.0830. The summed E-state index contributed by atoms with van der Waals surface area (Å²) in [6, 6.07) is 18.4. The van der Waals surface area contributed by atoms with Crippen LogP contribution >= 0.6 is 0 Å². The van der Waals surface area contributed by atoms with Gasteiger partial charge in [0.15, 0.2) is 0 Å². The average molecular weight is 228 g/mol. The second kappa shape index (κ2) is 5.61. The monoisotopic (exact) mass is 228 g/mol. The maximum atomic E-state index is 13.3. The fourth-order valence-corrected chi connectivity index (χ4v) is 2.71. The van der Waals surface area contributed by atoms with Crippen molar-refractivity contribution in [3.05, 3.63) is 66.0 Å². The standard InChI is InChI=1S/C14H13FSi/c15-14-9-5-4-6-12(14)10-11-16-13-7-2-1-3-8-13/h1-9H,10-11H2. The summed E-state index contributed by atoms with van der Waals surface area (Å²) in [5.41, 5.74) is 0.825. The van der Waals surface area contributed by atoms with Crippen LogP contribution in [0, 0.1) is 5.82 Å². The number of aryl methyl sites for hydroxylation is 1. The molecule has 2 heteroatoms. The second-order valence-corrected chi connectivity index (χ2v) is 5.07. The van der Waals surface area contributed by atoms with E-state index in [1.165, 1.54) is 11.3 Å². The zero-order valence-corrected chi connectivity index (χ0v) is 9.99. The normalized spacial score (nSPS) is 10.3. The molecule has 2 aromatic carbocycles. The average Bonchev–Trinajstić information content (AvgIpc) is 2.33. The Morgan fingerprint density at radius 2 is 1.56 bits per heavy atom. The quantitative estimate of drug-likeness (QED) is 0.706. The van der Waals surface area contributed by atoms with Crippen LogP contribution in [0.4, 0.5) is 4.39 Å². The van der Waals surface area contributed by atoms with E-state index in [4.69, 9.17) is 0 Å². The summed E-state index contributed by atoms with van der Waals surface area (Å²) in [6.07, 6.45) is 0.819. The van der Waals surface area contributed by atoms with Crippen molar-refractivity contribution in [2.75, 3.05) is 0 Å². The molecule has 0 atom stereocenters. The zero-order chi connectivity index (χ0) is 11.2. The Hall–Kier alpha value is -1.41. The van der Waals surface area contributed by atoms with Gasteiger partial charge in [0, 0.05) is 0 Å². The van der Waals surface area contributed by atoms with E-state index >= 15 is 0 Å². The minimum absolute atomic E-state index is 0.0830. The first-order chi connectivity index (χ1) is 7.86. The SMILES string of the molecule is Fc1ccccc1CC[Si]c1ccccc1. The van der Waals surface area contributed by atoms with Crippen LogP contribution in [0.2, 0.25) is 6.04 Å². The van der Waals surface area contributed by atoms with Crippen LogP contribution in [-0.2, 0) is 6.42 Å². The highest BCUT2D eigenvalue weighted by molar-refractivity contribution is 6.53. The van der Waals surface area contributed by atoms with Gasteiger partial charge in [-0.25, -0.2) is 4.39 Å². The number of halogens is 1. The summed E-state index contributed by atoms with van der Waals surface area (Å²) in [7, 11) is 0.760. The van der Waals surface area contributed by atoms with Crippen LogP contribution in [0.25, 0.3) is 0 Å². The Bertz CT molecular complexity index is 439. The molecule has 2 aromatic rings. The lowest BCUT2D eigenvalue weighted by molar-refractivity contribution is 0.612. The third-order valence-corrected chi connectivity index (χ3v) is 3.70. The fourth-order valence-electron chi connectivity index (χ4n) is 1.60. The van der Waals surface area contributed by atoms with E-state index < -0.39 is 0 Å². The summed E-state index contributed by atoms with van der Waals surface area (Å²) in [5.74, 6) is -0.0830. The van der Waals surface area contributed by atoms with E-state index in [0.717, 1.165) is 27.5 Å². The third-order valence-electron chi connectivity index (χ3n) is 2.46. The van der Waals surface area contributed by atoms with E-state index in [9.17, 15) is 4.39 Å². The molecular weight excluding hydrogens is 215 g/mol. The zero-order valence-electron chi connectivity index (χ0n) is 8.99. The van der Waals surface area contributed by atoms with Gasteiger partial charge in [-0.2, -0.15) is 0 Å². The van der Waals surface area contributed by atoms with Crippen LogP contribution < -0.4 is 5.19 Å². The molecule has 0 aliphatic rings. The first kappa shape index (κ1) is 11.1. The van der Waals surface area contributed by atoms with Gasteiger partial charge in [-0.15, -0.1) is 0 Å². The predicted octanol–water partition coefficient (Wildman–Crippen LogP) is 2.82. The molecule has 0 fully saturated rings. The molecule has 16 heavy (non-hydrogen) atoms. The third kappa shape index (κ3) is 3.04. The van der Waals surface area contributed by atoms with Crippen LogP contribution in [0.3, 0.4) is 0 Å². The van der Waals surface area contributed by atoms with Gasteiger partial charge in [0.25, 0.3) is 0 Å². The van der Waals surface area contributed by atoms with Gasteiger partial charge in [-0.3, -0.25) is 0 Å². The maximum absolute atomic E-state index is 13.3. The van der Waals surface area contributed by atoms with E-state index in [1.54, 1.807) is 6.07 Å². The van der Waals surface area contributed by atoms with Crippen molar-refractivity contribution >= 4 is 14.7 Å². The first-order valence-corrected chi connectivity index (χ1v) is 6.59. The van der Waals surface area contributed by atoms with Crippen LogP contribution in [-0.4, -0.2) is 9.52 Å². The maximum Gasteiger partial charge on any atom is 0.126 e. The summed E-state index contributed by atoms with van der Waals surface area (Å²) in [6.45, 7) is 0. The number of benzene rings is 2. The van der Waals surface area contributed by atoms with Crippen molar-refractivity contribution in [1.29, 1.82) is 0 Å². The molecule has 0 bridgehead atoms. The summed E-state index contributed by atoms with van der Waals surface area (Å²) >= 11 is 0. The molecule has 0 saturated carbocycles. The van der Waals surface area contributed by atoms with Crippen molar-refractivity contribution in [3.63, 3.8) is 0 Å². The van der Waals surface area contributed by atoms with Crippen molar-refractivity contribution in [3.8, 4) is 0 Å². The highest BCUT2D eigenvalue weighted by atomic mass is 28.2. The lowest BCUT2D eigenvalue weighted by atomic mass is 10.2. The molecule has 0 aliphatic carbocycles. The highest BCUT2D eigenvalue weighted by Gasteiger charge is 2.00. The topological polar surface area (TPSA) is 0 Å². The molecule has 0 spiro atoms. The van der Waals surface area contributed by atoms with Gasteiger partial charge in [0.2, 0.25) is 0 Å². The molecule has 2 radical (unpaired) electrons. The van der Waals surface area contributed by atoms with Crippen LogP contribution in [0.5, 0.6) is 0 Å². The molecule has 80 valence electrons. The van der Waals surface area contributed by atoms with E-state index in [1.807, 2.05) is 30.3 Å². The van der Waals surface area contributed by atoms with Crippen molar-refractivity contribution in [1.82, 2.24) is 0 Å². The first-order valence-electron chi connectivity index (χ1n) is 5.38. The van der Waals surface area contributed by atoms with E-state index in [2.05, 4.69) is 12.1 Å². The number of hydrogen-bond donors (Lipinski definition) is 0. The van der Waals surface area contributed by atoms with Gasteiger partial charge in [0.1, 0.15) is 5.82 Å². The molecule has 0 N–H and O–H groups in total. The molecule has 0 aromatic heterocycles.